The molecule has 0 rings (SSSR count). The molecule has 0 aliphatic rings. The first-order valence-electron chi connectivity index (χ1n) is 1.61. The fraction of sp³-hybridized carbons (Fsp3) is 1.00. The van der Waals surface area contributed by atoms with Crippen LogP contribution in [0, 0.1) is 0 Å². The van der Waals surface area contributed by atoms with E-state index in [4.69, 9.17) is 5.73 Å². The van der Waals surface area contributed by atoms with Gasteiger partial charge in [0.05, 0.1) is 0 Å². The van der Waals surface area contributed by atoms with Crippen LogP contribution in [0.2, 0.25) is 0 Å². The second kappa shape index (κ2) is 5.92. The molecule has 2 N–H and O–H groups in total. The van der Waals surface area contributed by atoms with Crippen LogP contribution in [0.3, 0.4) is 0 Å². The van der Waals surface area contributed by atoms with Gasteiger partial charge in [-0.15, -0.1) is 6.61 Å². The van der Waals surface area contributed by atoms with E-state index in [2.05, 4.69) is 0 Å². The summed E-state index contributed by atoms with van der Waals surface area (Å²) in [6.45, 7) is 1.52. The molecule has 6 heavy (non-hydrogen) atoms. The second-order valence-electron chi connectivity index (χ2n) is 1.14. The maximum atomic E-state index is 9.50. The normalized spacial score (nSPS) is 12.5. The molecule has 0 aliphatic heterocycles. The molecule has 1 atom stereocenters. The fourth-order valence-electron chi connectivity index (χ4n) is 0. The SMILES string of the molecule is CC(N)C[O-].[Na+]. The van der Waals surface area contributed by atoms with E-state index >= 15 is 0 Å². The van der Waals surface area contributed by atoms with Crippen LogP contribution in [-0.2, 0) is 0 Å². The van der Waals surface area contributed by atoms with Crippen LogP contribution < -0.4 is 40.4 Å². The summed E-state index contributed by atoms with van der Waals surface area (Å²) in [4.78, 5) is 0. The van der Waals surface area contributed by atoms with E-state index in [0.717, 1.165) is 0 Å². The first-order valence-corrected chi connectivity index (χ1v) is 1.61. The topological polar surface area (TPSA) is 49.1 Å². The van der Waals surface area contributed by atoms with Crippen LogP contribution in [-0.4, -0.2) is 12.6 Å². The molecule has 0 spiro atoms. The van der Waals surface area contributed by atoms with Crippen LogP contribution in [0.15, 0.2) is 0 Å². The summed E-state index contributed by atoms with van der Waals surface area (Å²) in [5, 5.41) is 9.50. The molecule has 0 aromatic rings. The molecule has 0 saturated carbocycles. The Morgan fingerprint density at radius 3 is 2.00 bits per heavy atom. The van der Waals surface area contributed by atoms with Crippen molar-refractivity contribution in [2.24, 2.45) is 5.73 Å². The van der Waals surface area contributed by atoms with E-state index in [1.54, 1.807) is 6.92 Å². The maximum absolute atomic E-state index is 9.50. The standard InChI is InChI=1S/C3H8NO.Na/c1-3(4)2-5;/h3H,2,4H2,1H3;/q-1;+1. The van der Waals surface area contributed by atoms with Gasteiger partial charge in [0.1, 0.15) is 0 Å². The van der Waals surface area contributed by atoms with Crippen molar-refractivity contribution in [2.75, 3.05) is 6.61 Å². The van der Waals surface area contributed by atoms with Gasteiger partial charge in [-0.25, -0.2) is 0 Å². The number of hydrogen-bond acceptors (Lipinski definition) is 2. The van der Waals surface area contributed by atoms with Gasteiger partial charge in [-0.05, 0) is 6.04 Å². The van der Waals surface area contributed by atoms with E-state index in [9.17, 15) is 5.11 Å². The zero-order valence-corrected chi connectivity index (χ0v) is 6.27. The summed E-state index contributed by atoms with van der Waals surface area (Å²) in [6.07, 6.45) is 0. The molecular formula is C3H8NNaO. The molecule has 2 nitrogen and oxygen atoms in total. The van der Waals surface area contributed by atoms with Gasteiger partial charge in [0, 0.05) is 0 Å². The van der Waals surface area contributed by atoms with Gasteiger partial charge in [0.2, 0.25) is 0 Å². The van der Waals surface area contributed by atoms with Crippen LogP contribution in [0.25, 0.3) is 0 Å². The molecular weight excluding hydrogens is 89.0 g/mol. The average Bonchev–Trinajstić information content (AvgIpc) is 1.38. The third kappa shape index (κ3) is 8.87. The Kier molecular flexibility index (Phi) is 9.89. The first-order chi connectivity index (χ1) is 2.27. The van der Waals surface area contributed by atoms with Gasteiger partial charge in [0.25, 0.3) is 0 Å². The summed E-state index contributed by atoms with van der Waals surface area (Å²) in [7, 11) is 0. The molecule has 3 heteroatoms. The Hall–Kier alpha value is 0.920. The van der Waals surface area contributed by atoms with Crippen molar-refractivity contribution in [3.63, 3.8) is 0 Å². The van der Waals surface area contributed by atoms with Crippen LogP contribution >= 0.6 is 0 Å². The van der Waals surface area contributed by atoms with Crippen molar-refractivity contribution in [1.82, 2.24) is 0 Å². The minimum Gasteiger partial charge on any atom is -0.853 e. The van der Waals surface area contributed by atoms with Crippen LogP contribution in [0.5, 0.6) is 0 Å². The Morgan fingerprint density at radius 2 is 2.00 bits per heavy atom. The Bertz CT molecular complexity index is 24.8. The smallest absolute Gasteiger partial charge is 0.853 e. The van der Waals surface area contributed by atoms with E-state index in [1.807, 2.05) is 0 Å². The largest absolute Gasteiger partial charge is 1.00 e. The summed E-state index contributed by atoms with van der Waals surface area (Å²) < 4.78 is 0. The molecule has 32 valence electrons. The third-order valence-corrected chi connectivity index (χ3v) is 0.263. The molecule has 0 aromatic carbocycles. The predicted octanol–water partition coefficient (Wildman–Crippen LogP) is -4.30. The minimum absolute atomic E-state index is 0. The fourth-order valence-corrected chi connectivity index (χ4v) is 0. The zero-order valence-electron chi connectivity index (χ0n) is 4.27. The Labute approximate surface area is 60.0 Å². The number of rotatable bonds is 1. The summed E-state index contributed by atoms with van der Waals surface area (Å²) >= 11 is 0. The Morgan fingerprint density at radius 1 is 1.83 bits per heavy atom. The zero-order chi connectivity index (χ0) is 4.28. The molecule has 0 saturated heterocycles. The summed E-state index contributed by atoms with van der Waals surface area (Å²) in [5.41, 5.74) is 4.98. The van der Waals surface area contributed by atoms with Gasteiger partial charge in [-0.1, -0.05) is 6.92 Å². The van der Waals surface area contributed by atoms with Gasteiger partial charge in [-0.3, -0.25) is 0 Å². The molecule has 0 heterocycles. The molecule has 0 fully saturated rings. The van der Waals surface area contributed by atoms with Crippen molar-refractivity contribution >= 4 is 0 Å². The molecule has 1 unspecified atom stereocenters. The maximum Gasteiger partial charge on any atom is 1.00 e. The van der Waals surface area contributed by atoms with Gasteiger partial charge in [0.15, 0.2) is 0 Å². The monoisotopic (exact) mass is 97.1 g/mol. The molecule has 0 radical (unpaired) electrons. The predicted molar refractivity (Wildman–Crippen MR) is 18.5 cm³/mol. The summed E-state index contributed by atoms with van der Waals surface area (Å²) in [5.74, 6) is 0. The molecule has 0 amide bonds. The number of nitrogens with two attached hydrogens (primary N) is 1. The van der Waals surface area contributed by atoms with Crippen molar-refractivity contribution in [1.29, 1.82) is 0 Å². The minimum atomic E-state index is -0.171. The van der Waals surface area contributed by atoms with Gasteiger partial charge >= 0.3 is 29.6 Å². The van der Waals surface area contributed by atoms with Crippen molar-refractivity contribution in [3.05, 3.63) is 0 Å². The second-order valence-corrected chi connectivity index (χ2v) is 1.14. The molecule has 0 aliphatic carbocycles. The van der Waals surface area contributed by atoms with Crippen molar-refractivity contribution < 1.29 is 34.7 Å². The average molecular weight is 97.1 g/mol. The van der Waals surface area contributed by atoms with Crippen molar-refractivity contribution in [3.8, 4) is 0 Å². The van der Waals surface area contributed by atoms with Crippen molar-refractivity contribution in [2.45, 2.75) is 13.0 Å². The van der Waals surface area contributed by atoms with E-state index in [-0.39, 0.29) is 42.2 Å². The van der Waals surface area contributed by atoms with Crippen LogP contribution in [0.4, 0.5) is 0 Å². The first kappa shape index (κ1) is 10.0. The quantitative estimate of drug-likeness (QED) is 0.336. The molecule has 0 bridgehead atoms. The van der Waals surface area contributed by atoms with Gasteiger partial charge in [-0.2, -0.15) is 0 Å². The number of hydrogen-bond donors (Lipinski definition) is 1. The van der Waals surface area contributed by atoms with Crippen LogP contribution in [0.1, 0.15) is 6.92 Å². The summed E-state index contributed by atoms with van der Waals surface area (Å²) in [6, 6.07) is -0.171. The third-order valence-electron chi connectivity index (χ3n) is 0.263. The van der Waals surface area contributed by atoms with E-state index in [0.29, 0.717) is 0 Å². The Balaban J connectivity index is 0. The van der Waals surface area contributed by atoms with Gasteiger partial charge < -0.3 is 10.8 Å². The van der Waals surface area contributed by atoms with E-state index in [1.165, 1.54) is 0 Å². The molecule has 0 aromatic heterocycles. The van der Waals surface area contributed by atoms with E-state index < -0.39 is 0 Å².